The first-order valence-electron chi connectivity index (χ1n) is 9.77. The lowest BCUT2D eigenvalue weighted by molar-refractivity contribution is 0.0657. The molecule has 7 nitrogen and oxygen atoms in total. The average molecular weight is 487 g/mol. The molecule has 1 N–H and O–H groups in total. The van der Waals surface area contributed by atoms with Crippen LogP contribution in [0.15, 0.2) is 27.8 Å². The first-order valence-corrected chi connectivity index (χ1v) is 9.77. The Balaban J connectivity index is 0.00000210. The third-order valence-corrected chi connectivity index (χ3v) is 5.74. The second-order valence-electron chi connectivity index (χ2n) is 7.57. The van der Waals surface area contributed by atoms with Crippen molar-refractivity contribution >= 4 is 35.8 Å². The van der Waals surface area contributed by atoms with Gasteiger partial charge in [-0.1, -0.05) is 0 Å². The van der Waals surface area contributed by atoms with Crippen molar-refractivity contribution in [3.63, 3.8) is 0 Å². The summed E-state index contributed by atoms with van der Waals surface area (Å²) in [6.07, 6.45) is 5.61. The van der Waals surface area contributed by atoms with Gasteiger partial charge in [-0.2, -0.15) is 0 Å². The fraction of sp³-hybridized carbons (Fsp3) is 0.684. The number of amides is 1. The van der Waals surface area contributed by atoms with Crippen LogP contribution in [-0.2, 0) is 0 Å². The smallest absolute Gasteiger partial charge is 0.289 e. The summed E-state index contributed by atoms with van der Waals surface area (Å²) in [7, 11) is 1.84. The van der Waals surface area contributed by atoms with Gasteiger partial charge in [-0.05, 0) is 43.9 Å². The number of hydrogen-bond donors (Lipinski definition) is 1. The van der Waals surface area contributed by atoms with Crippen molar-refractivity contribution in [2.24, 2.45) is 10.9 Å². The van der Waals surface area contributed by atoms with E-state index in [4.69, 9.17) is 4.42 Å². The Bertz CT molecular complexity index is 639. The summed E-state index contributed by atoms with van der Waals surface area (Å²) in [4.78, 5) is 23.6. The minimum Gasteiger partial charge on any atom is -0.459 e. The van der Waals surface area contributed by atoms with E-state index in [1.165, 1.54) is 32.4 Å². The molecule has 1 aromatic heterocycles. The van der Waals surface area contributed by atoms with E-state index >= 15 is 0 Å². The van der Waals surface area contributed by atoms with Gasteiger partial charge in [0.15, 0.2) is 11.7 Å². The van der Waals surface area contributed by atoms with Gasteiger partial charge in [0.1, 0.15) is 0 Å². The second kappa shape index (κ2) is 9.27. The Labute approximate surface area is 178 Å². The summed E-state index contributed by atoms with van der Waals surface area (Å²) in [5.74, 6) is 2.07. The van der Waals surface area contributed by atoms with E-state index < -0.39 is 0 Å². The van der Waals surface area contributed by atoms with Crippen molar-refractivity contribution in [3.8, 4) is 0 Å². The van der Waals surface area contributed by atoms with Crippen LogP contribution in [0.5, 0.6) is 0 Å². The number of likely N-dealkylation sites (tertiary alicyclic amines) is 1. The topological polar surface area (TPSA) is 64.3 Å². The molecule has 2 saturated heterocycles. The number of nitrogens with zero attached hydrogens (tertiary/aromatic N) is 4. The lowest BCUT2D eigenvalue weighted by Gasteiger charge is -2.36. The summed E-state index contributed by atoms with van der Waals surface area (Å²) in [5, 5.41) is 3.56. The minimum absolute atomic E-state index is 0. The summed E-state index contributed by atoms with van der Waals surface area (Å²) < 4.78 is 5.22. The minimum atomic E-state index is -0.0243. The summed E-state index contributed by atoms with van der Waals surface area (Å²) >= 11 is 0. The van der Waals surface area contributed by atoms with E-state index in [2.05, 4.69) is 20.1 Å². The Kier molecular flexibility index (Phi) is 7.02. The van der Waals surface area contributed by atoms with Gasteiger partial charge in [0.05, 0.1) is 6.26 Å². The zero-order valence-electron chi connectivity index (χ0n) is 16.0. The van der Waals surface area contributed by atoms with E-state index in [-0.39, 0.29) is 29.9 Å². The van der Waals surface area contributed by atoms with Crippen LogP contribution >= 0.6 is 24.0 Å². The van der Waals surface area contributed by atoms with E-state index in [1.54, 1.807) is 18.4 Å². The number of aliphatic imine (C=N–C) groups is 1. The lowest BCUT2D eigenvalue weighted by Crippen LogP contribution is -2.54. The third-order valence-electron chi connectivity index (χ3n) is 5.74. The molecule has 2 aliphatic heterocycles. The summed E-state index contributed by atoms with van der Waals surface area (Å²) in [5.41, 5.74) is 0. The monoisotopic (exact) mass is 487 g/mol. The Morgan fingerprint density at radius 2 is 1.93 bits per heavy atom. The molecule has 1 atom stereocenters. The Morgan fingerprint density at radius 3 is 2.56 bits per heavy atom. The number of carbonyl (C=O) groups excluding carboxylic acids is 1. The standard InChI is InChI=1S/C19H29N5O2.HI/c1-20-19(21-13-15-6-7-24(14-15)16-4-5-16)23-10-8-22(9-11-23)18(25)17-3-2-12-26-17;/h2-3,12,15-16H,4-11,13-14H2,1H3,(H,20,21);1H. The molecule has 1 aliphatic carbocycles. The highest BCUT2D eigenvalue weighted by atomic mass is 127. The van der Waals surface area contributed by atoms with E-state index in [0.717, 1.165) is 31.6 Å². The molecule has 27 heavy (non-hydrogen) atoms. The van der Waals surface area contributed by atoms with Gasteiger partial charge in [-0.25, -0.2) is 0 Å². The Morgan fingerprint density at radius 1 is 1.19 bits per heavy atom. The highest BCUT2D eigenvalue weighted by Crippen LogP contribution is 2.31. The van der Waals surface area contributed by atoms with E-state index in [0.29, 0.717) is 24.8 Å². The first kappa shape index (κ1) is 20.4. The van der Waals surface area contributed by atoms with Gasteiger partial charge in [-0.3, -0.25) is 9.79 Å². The fourth-order valence-corrected chi connectivity index (χ4v) is 4.05. The molecule has 8 heteroatoms. The SMILES string of the molecule is CN=C(NCC1CCN(C2CC2)C1)N1CCN(C(=O)c2ccco2)CC1.I. The third kappa shape index (κ3) is 4.96. The normalized spacial score (nSPS) is 24.0. The molecule has 1 unspecified atom stereocenters. The number of guanidine groups is 1. The van der Waals surface area contributed by atoms with Crippen molar-refractivity contribution < 1.29 is 9.21 Å². The van der Waals surface area contributed by atoms with Crippen LogP contribution in [0.1, 0.15) is 29.8 Å². The van der Waals surface area contributed by atoms with Gasteiger partial charge in [0, 0.05) is 52.4 Å². The van der Waals surface area contributed by atoms with Crippen LogP contribution < -0.4 is 5.32 Å². The maximum Gasteiger partial charge on any atom is 0.289 e. The molecule has 1 aromatic rings. The molecular formula is C19H30IN5O2. The van der Waals surface area contributed by atoms with Gasteiger partial charge in [0.2, 0.25) is 0 Å². The number of rotatable bonds is 4. The fourth-order valence-electron chi connectivity index (χ4n) is 4.05. The van der Waals surface area contributed by atoms with Crippen molar-refractivity contribution in [1.82, 2.24) is 20.0 Å². The number of furan rings is 1. The second-order valence-corrected chi connectivity index (χ2v) is 7.57. The molecule has 3 aliphatic rings. The molecule has 3 fully saturated rings. The Hall–Kier alpha value is -1.29. The molecule has 1 amide bonds. The summed E-state index contributed by atoms with van der Waals surface area (Å²) in [6.45, 7) is 6.44. The number of hydrogen-bond acceptors (Lipinski definition) is 4. The molecule has 4 rings (SSSR count). The molecule has 0 radical (unpaired) electrons. The number of halogens is 1. The highest BCUT2D eigenvalue weighted by Gasteiger charge is 2.34. The maximum atomic E-state index is 12.4. The maximum absolute atomic E-state index is 12.4. The van der Waals surface area contributed by atoms with Crippen LogP contribution in [0.25, 0.3) is 0 Å². The highest BCUT2D eigenvalue weighted by molar-refractivity contribution is 14.0. The first-order chi connectivity index (χ1) is 12.7. The lowest BCUT2D eigenvalue weighted by atomic mass is 10.1. The predicted molar refractivity (Wildman–Crippen MR) is 116 cm³/mol. The van der Waals surface area contributed by atoms with Crippen molar-refractivity contribution in [2.75, 3.05) is 52.9 Å². The van der Waals surface area contributed by atoms with Crippen molar-refractivity contribution in [2.45, 2.75) is 25.3 Å². The van der Waals surface area contributed by atoms with Gasteiger partial charge >= 0.3 is 0 Å². The quantitative estimate of drug-likeness (QED) is 0.398. The molecule has 150 valence electrons. The zero-order valence-corrected chi connectivity index (χ0v) is 18.3. The van der Waals surface area contributed by atoms with Gasteiger partial charge < -0.3 is 24.4 Å². The van der Waals surface area contributed by atoms with Crippen LogP contribution in [0.2, 0.25) is 0 Å². The van der Waals surface area contributed by atoms with E-state index in [9.17, 15) is 4.79 Å². The molecule has 1 saturated carbocycles. The predicted octanol–water partition coefficient (Wildman–Crippen LogP) is 1.72. The average Bonchev–Trinajstić information content (AvgIpc) is 3.18. The van der Waals surface area contributed by atoms with Crippen LogP contribution in [0.3, 0.4) is 0 Å². The summed E-state index contributed by atoms with van der Waals surface area (Å²) in [6, 6.07) is 4.35. The van der Waals surface area contributed by atoms with Crippen molar-refractivity contribution in [1.29, 1.82) is 0 Å². The van der Waals surface area contributed by atoms with Crippen LogP contribution in [0, 0.1) is 5.92 Å². The molecule has 3 heterocycles. The molecule has 0 bridgehead atoms. The molecular weight excluding hydrogens is 457 g/mol. The molecule has 0 aromatic carbocycles. The van der Waals surface area contributed by atoms with Gasteiger partial charge in [0.25, 0.3) is 5.91 Å². The van der Waals surface area contributed by atoms with Crippen molar-refractivity contribution in [3.05, 3.63) is 24.2 Å². The van der Waals surface area contributed by atoms with Gasteiger partial charge in [-0.15, -0.1) is 24.0 Å². The largest absolute Gasteiger partial charge is 0.459 e. The van der Waals surface area contributed by atoms with Crippen LogP contribution in [0.4, 0.5) is 0 Å². The van der Waals surface area contributed by atoms with Crippen LogP contribution in [-0.4, -0.2) is 85.5 Å². The molecule has 0 spiro atoms. The number of carbonyl (C=O) groups is 1. The van der Waals surface area contributed by atoms with E-state index in [1.807, 2.05) is 11.9 Å². The zero-order chi connectivity index (χ0) is 17.9. The number of piperazine rings is 1. The number of nitrogens with one attached hydrogen (secondary N) is 1.